The average Bonchev–Trinajstić information content (AvgIpc) is 2.94. The molecule has 0 aliphatic carbocycles. The molecule has 0 radical (unpaired) electrons. The lowest BCUT2D eigenvalue weighted by Crippen LogP contribution is -2.29. The zero-order chi connectivity index (χ0) is 14.5. The van der Waals surface area contributed by atoms with Gasteiger partial charge in [-0.2, -0.15) is 5.10 Å². The number of ether oxygens (including phenoxy) is 1. The fourth-order valence-corrected chi connectivity index (χ4v) is 1.83. The van der Waals surface area contributed by atoms with E-state index in [4.69, 9.17) is 10.5 Å². The van der Waals surface area contributed by atoms with Gasteiger partial charge in [-0.25, -0.2) is 4.68 Å². The molecule has 2 rings (SSSR count). The molecule has 106 valence electrons. The largest absolute Gasteiger partial charge is 0.494 e. The first kappa shape index (κ1) is 14.1. The highest BCUT2D eigenvalue weighted by molar-refractivity contribution is 5.92. The molecule has 0 spiro atoms. The predicted octanol–water partition coefficient (Wildman–Crippen LogP) is 0.878. The van der Waals surface area contributed by atoms with Crippen LogP contribution >= 0.6 is 0 Å². The SMILES string of the molecule is COc1ccc(C)cc1-n1ccc(C(=O)NCCN)n1. The topological polar surface area (TPSA) is 82.2 Å². The van der Waals surface area contributed by atoms with Gasteiger partial charge in [0.15, 0.2) is 5.69 Å². The van der Waals surface area contributed by atoms with Gasteiger partial charge in [-0.05, 0) is 30.7 Å². The summed E-state index contributed by atoms with van der Waals surface area (Å²) in [6.45, 7) is 2.82. The molecule has 20 heavy (non-hydrogen) atoms. The summed E-state index contributed by atoms with van der Waals surface area (Å²) in [6.07, 6.45) is 1.73. The second kappa shape index (κ2) is 6.21. The van der Waals surface area contributed by atoms with Crippen molar-refractivity contribution >= 4 is 5.91 Å². The lowest BCUT2D eigenvalue weighted by atomic mass is 10.2. The van der Waals surface area contributed by atoms with Crippen LogP contribution in [0.4, 0.5) is 0 Å². The molecule has 0 bridgehead atoms. The summed E-state index contributed by atoms with van der Waals surface area (Å²) in [7, 11) is 1.60. The number of aryl methyl sites for hydroxylation is 1. The van der Waals surface area contributed by atoms with Crippen LogP contribution < -0.4 is 15.8 Å². The minimum atomic E-state index is -0.235. The van der Waals surface area contributed by atoms with Crippen molar-refractivity contribution in [1.82, 2.24) is 15.1 Å². The van der Waals surface area contributed by atoms with E-state index < -0.39 is 0 Å². The van der Waals surface area contributed by atoms with Gasteiger partial charge in [-0.15, -0.1) is 0 Å². The summed E-state index contributed by atoms with van der Waals surface area (Å²) < 4.78 is 6.94. The highest BCUT2D eigenvalue weighted by Crippen LogP contribution is 2.23. The first-order valence-corrected chi connectivity index (χ1v) is 6.34. The van der Waals surface area contributed by atoms with Gasteiger partial charge in [0.1, 0.15) is 11.4 Å². The summed E-state index contributed by atoms with van der Waals surface area (Å²) in [5, 5.41) is 6.95. The number of hydrogen-bond acceptors (Lipinski definition) is 4. The third-order valence-corrected chi connectivity index (χ3v) is 2.83. The number of hydrogen-bond donors (Lipinski definition) is 2. The van der Waals surface area contributed by atoms with Gasteiger partial charge >= 0.3 is 0 Å². The van der Waals surface area contributed by atoms with Crippen LogP contribution in [0.1, 0.15) is 16.1 Å². The van der Waals surface area contributed by atoms with Crippen molar-refractivity contribution in [2.45, 2.75) is 6.92 Å². The smallest absolute Gasteiger partial charge is 0.271 e. The van der Waals surface area contributed by atoms with Crippen LogP contribution in [0.25, 0.3) is 5.69 Å². The van der Waals surface area contributed by atoms with E-state index in [1.54, 1.807) is 24.1 Å². The normalized spacial score (nSPS) is 10.3. The lowest BCUT2D eigenvalue weighted by Gasteiger charge is -2.09. The fraction of sp³-hybridized carbons (Fsp3) is 0.286. The first-order valence-electron chi connectivity index (χ1n) is 6.34. The van der Waals surface area contributed by atoms with Crippen molar-refractivity contribution in [3.8, 4) is 11.4 Å². The van der Waals surface area contributed by atoms with Crippen LogP contribution in [0.5, 0.6) is 5.75 Å². The van der Waals surface area contributed by atoms with Gasteiger partial charge in [0, 0.05) is 19.3 Å². The first-order chi connectivity index (χ1) is 9.65. The number of carbonyl (C=O) groups excluding carboxylic acids is 1. The van der Waals surface area contributed by atoms with Crippen molar-refractivity contribution in [3.05, 3.63) is 41.7 Å². The van der Waals surface area contributed by atoms with E-state index in [2.05, 4.69) is 10.4 Å². The molecule has 6 heteroatoms. The number of methoxy groups -OCH3 is 1. The average molecular weight is 274 g/mol. The zero-order valence-corrected chi connectivity index (χ0v) is 11.6. The molecule has 1 amide bonds. The molecule has 0 saturated carbocycles. The van der Waals surface area contributed by atoms with Crippen LogP contribution in [0.3, 0.4) is 0 Å². The predicted molar refractivity (Wildman–Crippen MR) is 76.2 cm³/mol. The van der Waals surface area contributed by atoms with E-state index in [1.165, 1.54) is 0 Å². The highest BCUT2D eigenvalue weighted by Gasteiger charge is 2.12. The van der Waals surface area contributed by atoms with Crippen LogP contribution in [0.2, 0.25) is 0 Å². The number of rotatable bonds is 5. The summed E-state index contributed by atoms with van der Waals surface area (Å²) in [6, 6.07) is 7.45. The van der Waals surface area contributed by atoms with Crippen LogP contribution in [0, 0.1) is 6.92 Å². The Balaban J connectivity index is 2.29. The van der Waals surface area contributed by atoms with E-state index >= 15 is 0 Å². The van der Waals surface area contributed by atoms with Crippen LogP contribution in [-0.2, 0) is 0 Å². The van der Waals surface area contributed by atoms with E-state index in [-0.39, 0.29) is 5.91 Å². The minimum absolute atomic E-state index is 0.235. The molecule has 3 N–H and O–H groups in total. The molecule has 6 nitrogen and oxygen atoms in total. The lowest BCUT2D eigenvalue weighted by molar-refractivity contribution is 0.0949. The Labute approximate surface area is 117 Å². The summed E-state index contributed by atoms with van der Waals surface area (Å²) in [5.74, 6) is 0.466. The Morgan fingerprint density at radius 1 is 1.45 bits per heavy atom. The van der Waals surface area contributed by atoms with E-state index in [1.807, 2.05) is 25.1 Å². The number of nitrogens with two attached hydrogens (primary N) is 1. The quantitative estimate of drug-likeness (QED) is 0.848. The summed E-state index contributed by atoms with van der Waals surface area (Å²) in [4.78, 5) is 11.8. The number of carbonyl (C=O) groups is 1. The number of aromatic nitrogens is 2. The molecule has 0 fully saturated rings. The molecule has 0 aliphatic heterocycles. The number of nitrogens with one attached hydrogen (secondary N) is 1. The number of amides is 1. The molecule has 0 saturated heterocycles. The van der Waals surface area contributed by atoms with Crippen LogP contribution in [-0.4, -0.2) is 35.9 Å². The maximum Gasteiger partial charge on any atom is 0.271 e. The fourth-order valence-electron chi connectivity index (χ4n) is 1.83. The Bertz CT molecular complexity index is 607. The van der Waals surface area contributed by atoms with Gasteiger partial charge in [-0.1, -0.05) is 6.07 Å². The Morgan fingerprint density at radius 3 is 2.95 bits per heavy atom. The Hall–Kier alpha value is -2.34. The van der Waals surface area contributed by atoms with Gasteiger partial charge in [0.25, 0.3) is 5.91 Å². The summed E-state index contributed by atoms with van der Waals surface area (Å²) >= 11 is 0. The van der Waals surface area contributed by atoms with Crippen molar-refractivity contribution < 1.29 is 9.53 Å². The number of nitrogens with zero attached hydrogens (tertiary/aromatic N) is 2. The molecule has 0 atom stereocenters. The molecular weight excluding hydrogens is 256 g/mol. The van der Waals surface area contributed by atoms with Gasteiger partial charge in [-0.3, -0.25) is 4.79 Å². The number of benzene rings is 1. The van der Waals surface area contributed by atoms with Crippen molar-refractivity contribution in [1.29, 1.82) is 0 Å². The second-order valence-corrected chi connectivity index (χ2v) is 4.37. The molecule has 0 aliphatic rings. The third kappa shape index (κ3) is 2.97. The van der Waals surface area contributed by atoms with Crippen molar-refractivity contribution in [2.75, 3.05) is 20.2 Å². The standard InChI is InChI=1S/C14H18N4O2/c1-10-3-4-13(20-2)12(9-10)18-8-5-11(17-18)14(19)16-7-6-15/h3-5,8-9H,6-7,15H2,1-2H3,(H,16,19). The van der Waals surface area contributed by atoms with Crippen molar-refractivity contribution in [3.63, 3.8) is 0 Å². The molecular formula is C14H18N4O2. The van der Waals surface area contributed by atoms with Crippen molar-refractivity contribution in [2.24, 2.45) is 5.73 Å². The van der Waals surface area contributed by atoms with Crippen LogP contribution in [0.15, 0.2) is 30.5 Å². The monoisotopic (exact) mass is 274 g/mol. The van der Waals surface area contributed by atoms with E-state index in [0.717, 1.165) is 11.3 Å². The highest BCUT2D eigenvalue weighted by atomic mass is 16.5. The molecule has 0 unspecified atom stereocenters. The summed E-state index contributed by atoms with van der Waals surface area (Å²) in [5.41, 5.74) is 7.58. The van der Waals surface area contributed by atoms with Gasteiger partial charge < -0.3 is 15.8 Å². The molecule has 1 aromatic carbocycles. The van der Waals surface area contributed by atoms with Gasteiger partial charge in [0.2, 0.25) is 0 Å². The zero-order valence-electron chi connectivity index (χ0n) is 11.6. The van der Waals surface area contributed by atoms with Gasteiger partial charge in [0.05, 0.1) is 7.11 Å². The molecule has 1 aromatic heterocycles. The Morgan fingerprint density at radius 2 is 2.25 bits per heavy atom. The molecule has 1 heterocycles. The van der Waals surface area contributed by atoms with E-state index in [0.29, 0.717) is 24.5 Å². The third-order valence-electron chi connectivity index (χ3n) is 2.83. The van der Waals surface area contributed by atoms with E-state index in [9.17, 15) is 4.79 Å². The maximum atomic E-state index is 11.8. The maximum absolute atomic E-state index is 11.8. The second-order valence-electron chi connectivity index (χ2n) is 4.37. The Kier molecular flexibility index (Phi) is 4.37. The molecule has 2 aromatic rings. The minimum Gasteiger partial charge on any atom is -0.494 e.